The highest BCUT2D eigenvalue weighted by Crippen LogP contribution is 1.70. The van der Waals surface area contributed by atoms with Gasteiger partial charge in [0.15, 0.2) is 0 Å². The summed E-state index contributed by atoms with van der Waals surface area (Å²) >= 11 is 0. The number of hydrogen-bond donors (Lipinski definition) is 4. The molecule has 0 atom stereocenters. The number of carboxylic acid groups (broad SMARTS) is 4. The zero-order valence-corrected chi connectivity index (χ0v) is 7.58. The van der Waals surface area contributed by atoms with Gasteiger partial charge in [-0.05, 0) is 0 Å². The molecule has 0 spiro atoms. The Kier molecular flexibility index (Phi) is 8.57. The third kappa shape index (κ3) is 22.5. The summed E-state index contributed by atoms with van der Waals surface area (Å²) in [6, 6.07) is 0. The lowest BCUT2D eigenvalue weighted by Gasteiger charge is -1.74. The third-order valence-electron chi connectivity index (χ3n) is 0.645. The van der Waals surface area contributed by atoms with Crippen molar-refractivity contribution in [2.75, 3.05) is 0 Å². The molecular weight excluding hydrogens is 224 g/mol. The van der Waals surface area contributed by atoms with E-state index in [9.17, 15) is 19.2 Å². The van der Waals surface area contributed by atoms with Crippen molar-refractivity contribution in [3.63, 3.8) is 0 Å². The van der Waals surface area contributed by atoms with Crippen LogP contribution in [-0.4, -0.2) is 44.3 Å². The molecule has 0 saturated heterocycles. The molecule has 0 aromatic rings. The molecule has 0 aliphatic rings. The maximum absolute atomic E-state index is 9.55. The molecule has 0 radical (unpaired) electrons. The molecule has 8 nitrogen and oxygen atoms in total. The first kappa shape index (κ1) is 15.6. The van der Waals surface area contributed by atoms with E-state index in [1.165, 1.54) is 11.8 Å². The van der Waals surface area contributed by atoms with Crippen molar-refractivity contribution in [1.82, 2.24) is 0 Å². The second-order valence-corrected chi connectivity index (χ2v) is 1.87. The van der Waals surface area contributed by atoms with E-state index in [2.05, 4.69) is 0 Å². The minimum absolute atomic E-state index is 0.558. The van der Waals surface area contributed by atoms with Crippen LogP contribution in [0.15, 0.2) is 12.2 Å². The number of carbonyl (C=O) groups is 4. The van der Waals surface area contributed by atoms with Crippen molar-refractivity contribution in [2.45, 2.75) is 0 Å². The monoisotopic (exact) mass is 230 g/mol. The highest BCUT2D eigenvalue weighted by Gasteiger charge is 1.88. The zero-order chi connectivity index (χ0) is 13.1. The van der Waals surface area contributed by atoms with E-state index in [4.69, 9.17) is 20.4 Å². The Hall–Kier alpha value is -2.82. The first-order valence-corrected chi connectivity index (χ1v) is 3.37. The Morgan fingerprint density at radius 1 is 0.688 bits per heavy atom. The quantitative estimate of drug-likeness (QED) is 0.344. The summed E-state index contributed by atoms with van der Waals surface area (Å²) in [5, 5.41) is 31.1. The summed E-state index contributed by atoms with van der Waals surface area (Å²) in [5.41, 5.74) is 0. The Balaban J connectivity index is 0. The first-order valence-electron chi connectivity index (χ1n) is 3.37. The van der Waals surface area contributed by atoms with E-state index < -0.39 is 23.9 Å². The van der Waals surface area contributed by atoms with E-state index in [1.54, 1.807) is 0 Å². The Bertz CT molecular complexity index is 347. The average molecular weight is 230 g/mol. The molecule has 0 saturated carbocycles. The molecule has 0 rings (SSSR count). The molecule has 0 amide bonds. The fourth-order valence-electron chi connectivity index (χ4n) is 0.250. The van der Waals surface area contributed by atoms with Crippen LogP contribution in [0.25, 0.3) is 0 Å². The summed E-state index contributed by atoms with van der Waals surface area (Å²) in [6.07, 6.45) is 1.12. The molecular formula is C8H6O8. The molecule has 8 heteroatoms. The lowest BCUT2D eigenvalue weighted by atomic mass is 10.5. The van der Waals surface area contributed by atoms with Crippen LogP contribution in [0.4, 0.5) is 0 Å². The van der Waals surface area contributed by atoms with Crippen LogP contribution in [-0.2, 0) is 19.2 Å². The summed E-state index contributed by atoms with van der Waals surface area (Å²) in [5.74, 6) is -2.57. The molecule has 0 aromatic carbocycles. The van der Waals surface area contributed by atoms with Crippen molar-refractivity contribution < 1.29 is 39.6 Å². The van der Waals surface area contributed by atoms with Crippen molar-refractivity contribution in [2.24, 2.45) is 0 Å². The molecule has 0 fully saturated rings. The molecule has 86 valence electrons. The van der Waals surface area contributed by atoms with Crippen LogP contribution in [0.2, 0.25) is 0 Å². The maximum atomic E-state index is 9.55. The minimum atomic E-state index is -1.44. The summed E-state index contributed by atoms with van der Waals surface area (Å²) in [4.78, 5) is 38.0. The van der Waals surface area contributed by atoms with Gasteiger partial charge in [-0.25, -0.2) is 19.2 Å². The van der Waals surface area contributed by atoms with Gasteiger partial charge in [-0.2, -0.15) is 0 Å². The number of aliphatic carboxylic acids is 4. The molecule has 4 N–H and O–H groups in total. The van der Waals surface area contributed by atoms with Gasteiger partial charge in [0, 0.05) is 24.0 Å². The number of hydrogen-bond acceptors (Lipinski definition) is 4. The van der Waals surface area contributed by atoms with Crippen LogP contribution in [0.3, 0.4) is 0 Å². The Labute approximate surface area is 88.4 Å². The number of rotatable bonds is 2. The normalized spacial score (nSPS) is 8.00. The smallest absolute Gasteiger partial charge is 0.382 e. The fourth-order valence-corrected chi connectivity index (χ4v) is 0.250. The topological polar surface area (TPSA) is 149 Å². The van der Waals surface area contributed by atoms with Gasteiger partial charge in [0.1, 0.15) is 0 Å². The van der Waals surface area contributed by atoms with Gasteiger partial charge in [-0.1, -0.05) is 0 Å². The van der Waals surface area contributed by atoms with Crippen LogP contribution in [0.1, 0.15) is 0 Å². The standard InChI is InChI=1S/C4H4O4.C4H2O4/c2*5-3(6)1-2-4(7)8/h1-2H,(H,5,6)(H,7,8);(H,5,6)(H,7,8)/b2-1-;. The van der Waals surface area contributed by atoms with Crippen molar-refractivity contribution in [3.8, 4) is 11.8 Å². The highest BCUT2D eigenvalue weighted by molar-refractivity contribution is 5.96. The van der Waals surface area contributed by atoms with E-state index in [0.29, 0.717) is 12.2 Å². The van der Waals surface area contributed by atoms with Crippen LogP contribution in [0.5, 0.6) is 0 Å². The Morgan fingerprint density at radius 3 is 1.06 bits per heavy atom. The van der Waals surface area contributed by atoms with E-state index >= 15 is 0 Å². The average Bonchev–Trinajstić information content (AvgIpc) is 2.12. The van der Waals surface area contributed by atoms with Crippen LogP contribution >= 0.6 is 0 Å². The van der Waals surface area contributed by atoms with Gasteiger partial charge in [0.25, 0.3) is 0 Å². The molecule has 0 unspecified atom stereocenters. The van der Waals surface area contributed by atoms with Crippen LogP contribution in [0, 0.1) is 11.8 Å². The molecule has 16 heavy (non-hydrogen) atoms. The molecule has 0 bridgehead atoms. The largest absolute Gasteiger partial charge is 0.478 e. The summed E-state index contributed by atoms with van der Waals surface area (Å²) in [7, 11) is 0. The molecule has 0 aromatic heterocycles. The van der Waals surface area contributed by atoms with Gasteiger partial charge in [-0.3, -0.25) is 0 Å². The fraction of sp³-hybridized carbons (Fsp3) is 0. The summed E-state index contributed by atoms with van der Waals surface area (Å²) < 4.78 is 0. The van der Waals surface area contributed by atoms with Crippen LogP contribution < -0.4 is 0 Å². The summed E-state index contributed by atoms with van der Waals surface area (Å²) in [6.45, 7) is 0. The number of carboxylic acids is 4. The van der Waals surface area contributed by atoms with Gasteiger partial charge >= 0.3 is 23.9 Å². The SMILES string of the molecule is O=C(O)/C=C\C(=O)O.O=C(O)C#CC(=O)O. The second-order valence-electron chi connectivity index (χ2n) is 1.87. The van der Waals surface area contributed by atoms with Crippen molar-refractivity contribution in [3.05, 3.63) is 12.2 Å². The lowest BCUT2D eigenvalue weighted by molar-refractivity contribution is -0.134. The minimum Gasteiger partial charge on any atom is -0.478 e. The van der Waals surface area contributed by atoms with Crippen molar-refractivity contribution >= 4 is 23.9 Å². The van der Waals surface area contributed by atoms with E-state index in [1.807, 2.05) is 0 Å². The van der Waals surface area contributed by atoms with Gasteiger partial charge in [0.2, 0.25) is 0 Å². The van der Waals surface area contributed by atoms with Gasteiger partial charge < -0.3 is 20.4 Å². The van der Waals surface area contributed by atoms with E-state index in [0.717, 1.165) is 0 Å². The van der Waals surface area contributed by atoms with E-state index in [-0.39, 0.29) is 0 Å². The predicted molar refractivity (Wildman–Crippen MR) is 47.5 cm³/mol. The van der Waals surface area contributed by atoms with Gasteiger partial charge in [0.05, 0.1) is 0 Å². The predicted octanol–water partition coefficient (Wildman–Crippen LogP) is -1.13. The zero-order valence-electron chi connectivity index (χ0n) is 7.58. The Morgan fingerprint density at radius 2 is 0.938 bits per heavy atom. The maximum Gasteiger partial charge on any atom is 0.382 e. The molecule has 0 heterocycles. The first-order chi connectivity index (χ1) is 7.25. The van der Waals surface area contributed by atoms with Crippen molar-refractivity contribution in [1.29, 1.82) is 0 Å². The third-order valence-corrected chi connectivity index (χ3v) is 0.645. The van der Waals surface area contributed by atoms with Gasteiger partial charge in [-0.15, -0.1) is 0 Å². The molecule has 0 aliphatic heterocycles. The lowest BCUT2D eigenvalue weighted by Crippen LogP contribution is -1.92. The molecule has 0 aliphatic carbocycles. The highest BCUT2D eigenvalue weighted by atomic mass is 16.4. The second kappa shape index (κ2) is 8.76.